The highest BCUT2D eigenvalue weighted by Crippen LogP contribution is 2.22. The molecule has 0 saturated carbocycles. The van der Waals surface area contributed by atoms with Crippen molar-refractivity contribution in [2.75, 3.05) is 0 Å². The van der Waals surface area contributed by atoms with Crippen LogP contribution in [0.3, 0.4) is 0 Å². The first-order valence-electron chi connectivity index (χ1n) is 5.33. The van der Waals surface area contributed by atoms with E-state index in [2.05, 4.69) is 0 Å². The predicted octanol–water partition coefficient (Wildman–Crippen LogP) is 5.16. The molecule has 0 N–H and O–H groups in total. The largest absolute Gasteiger partial charge is 0.457 e. The normalized spacial score (nSPS) is 8.94. The molecule has 0 saturated heterocycles. The van der Waals surface area contributed by atoms with E-state index in [9.17, 15) is 0 Å². The SMILES string of the molecule is CC.Clc1ccc(Oc2ccccc2)cc1. The van der Waals surface area contributed by atoms with Gasteiger partial charge in [-0.05, 0) is 36.4 Å². The molecule has 0 radical (unpaired) electrons. The summed E-state index contributed by atoms with van der Waals surface area (Å²) in [6.07, 6.45) is 0. The van der Waals surface area contributed by atoms with Crippen molar-refractivity contribution in [3.05, 3.63) is 59.6 Å². The highest BCUT2D eigenvalue weighted by molar-refractivity contribution is 6.30. The van der Waals surface area contributed by atoms with Gasteiger partial charge in [-0.1, -0.05) is 43.6 Å². The summed E-state index contributed by atoms with van der Waals surface area (Å²) in [6, 6.07) is 16.9. The number of para-hydroxylation sites is 1. The zero-order valence-corrected chi connectivity index (χ0v) is 10.2. The smallest absolute Gasteiger partial charge is 0.127 e. The molecule has 84 valence electrons. The van der Waals surface area contributed by atoms with E-state index in [-0.39, 0.29) is 0 Å². The molecule has 1 nitrogen and oxygen atoms in total. The fraction of sp³-hybridized carbons (Fsp3) is 0.143. The minimum Gasteiger partial charge on any atom is -0.457 e. The second-order valence-corrected chi connectivity index (χ2v) is 3.31. The van der Waals surface area contributed by atoms with Crippen LogP contribution in [0.2, 0.25) is 5.02 Å². The first-order chi connectivity index (χ1) is 7.84. The highest BCUT2D eigenvalue weighted by Gasteiger charge is 1.95. The van der Waals surface area contributed by atoms with E-state index in [1.54, 1.807) is 12.1 Å². The summed E-state index contributed by atoms with van der Waals surface area (Å²) in [5.74, 6) is 1.62. The van der Waals surface area contributed by atoms with Crippen molar-refractivity contribution in [3.63, 3.8) is 0 Å². The first-order valence-corrected chi connectivity index (χ1v) is 5.71. The van der Waals surface area contributed by atoms with Crippen LogP contribution in [-0.2, 0) is 0 Å². The lowest BCUT2D eigenvalue weighted by atomic mass is 10.3. The summed E-state index contributed by atoms with van der Waals surface area (Å²) < 4.78 is 5.57. The molecule has 0 heterocycles. The van der Waals surface area contributed by atoms with Crippen molar-refractivity contribution in [2.45, 2.75) is 13.8 Å². The molecule has 0 aliphatic rings. The van der Waals surface area contributed by atoms with Crippen molar-refractivity contribution >= 4 is 11.6 Å². The third-order valence-electron chi connectivity index (χ3n) is 1.79. The van der Waals surface area contributed by atoms with Gasteiger partial charge in [0.1, 0.15) is 11.5 Å². The molecule has 0 unspecified atom stereocenters. The Morgan fingerprint density at radius 1 is 0.750 bits per heavy atom. The molecule has 2 rings (SSSR count). The third-order valence-corrected chi connectivity index (χ3v) is 2.04. The second kappa shape index (κ2) is 6.91. The van der Waals surface area contributed by atoms with Crippen LogP contribution < -0.4 is 4.74 Å². The maximum absolute atomic E-state index is 5.76. The molecule has 2 aromatic carbocycles. The molecule has 2 heteroatoms. The monoisotopic (exact) mass is 234 g/mol. The zero-order valence-electron chi connectivity index (χ0n) is 9.48. The fourth-order valence-corrected chi connectivity index (χ4v) is 1.25. The summed E-state index contributed by atoms with van der Waals surface area (Å²) in [6.45, 7) is 4.00. The number of hydrogen-bond donors (Lipinski definition) is 0. The van der Waals surface area contributed by atoms with Gasteiger partial charge in [0.25, 0.3) is 0 Å². The number of rotatable bonds is 2. The second-order valence-electron chi connectivity index (χ2n) is 2.87. The van der Waals surface area contributed by atoms with E-state index in [0.717, 1.165) is 11.5 Å². The van der Waals surface area contributed by atoms with Gasteiger partial charge in [-0.2, -0.15) is 0 Å². The standard InChI is InChI=1S/C12H9ClO.C2H6/c13-10-6-8-12(9-7-10)14-11-4-2-1-3-5-11;1-2/h1-9H;1-2H3. The molecule has 0 fully saturated rings. The van der Waals surface area contributed by atoms with Crippen molar-refractivity contribution in [3.8, 4) is 11.5 Å². The average molecular weight is 235 g/mol. The molecule has 0 bridgehead atoms. The van der Waals surface area contributed by atoms with Gasteiger partial charge in [0, 0.05) is 5.02 Å². The molecular formula is C14H15ClO. The van der Waals surface area contributed by atoms with Crippen LogP contribution in [0.5, 0.6) is 11.5 Å². The van der Waals surface area contributed by atoms with Gasteiger partial charge < -0.3 is 4.74 Å². The summed E-state index contributed by atoms with van der Waals surface area (Å²) in [4.78, 5) is 0. The molecule has 0 atom stereocenters. The van der Waals surface area contributed by atoms with Crippen molar-refractivity contribution in [1.29, 1.82) is 0 Å². The quantitative estimate of drug-likeness (QED) is 0.698. The van der Waals surface area contributed by atoms with Crippen LogP contribution in [0.1, 0.15) is 13.8 Å². The first kappa shape index (κ1) is 12.6. The summed E-state index contributed by atoms with van der Waals surface area (Å²) in [7, 11) is 0. The van der Waals surface area contributed by atoms with Crippen LogP contribution >= 0.6 is 11.6 Å². The Bertz CT molecular complexity index is 395. The summed E-state index contributed by atoms with van der Waals surface area (Å²) >= 11 is 5.76. The lowest BCUT2D eigenvalue weighted by molar-refractivity contribution is 0.483. The Labute approximate surface area is 102 Å². The van der Waals surface area contributed by atoms with Gasteiger partial charge in [-0.3, -0.25) is 0 Å². The van der Waals surface area contributed by atoms with Crippen molar-refractivity contribution < 1.29 is 4.74 Å². The van der Waals surface area contributed by atoms with E-state index in [0.29, 0.717) is 5.02 Å². The molecule has 0 spiro atoms. The minimum atomic E-state index is 0.713. The molecule has 0 aliphatic carbocycles. The van der Waals surface area contributed by atoms with Crippen molar-refractivity contribution in [2.24, 2.45) is 0 Å². The Kier molecular flexibility index (Phi) is 5.44. The maximum atomic E-state index is 5.76. The van der Waals surface area contributed by atoms with Crippen LogP contribution in [0, 0.1) is 0 Å². The predicted molar refractivity (Wildman–Crippen MR) is 69.3 cm³/mol. The molecule has 0 amide bonds. The minimum absolute atomic E-state index is 0.713. The van der Waals surface area contributed by atoms with Crippen LogP contribution in [0.15, 0.2) is 54.6 Å². The number of hydrogen-bond acceptors (Lipinski definition) is 1. The molecular weight excluding hydrogens is 220 g/mol. The van der Waals surface area contributed by atoms with E-state index < -0.39 is 0 Å². The lowest BCUT2D eigenvalue weighted by Crippen LogP contribution is -1.82. The van der Waals surface area contributed by atoms with E-state index in [1.807, 2.05) is 56.3 Å². The average Bonchev–Trinajstić information content (AvgIpc) is 2.36. The number of ether oxygens (including phenoxy) is 1. The Morgan fingerprint density at radius 3 is 1.81 bits per heavy atom. The van der Waals surface area contributed by atoms with Gasteiger partial charge in [0.05, 0.1) is 0 Å². The molecule has 2 aromatic rings. The topological polar surface area (TPSA) is 9.23 Å². The fourth-order valence-electron chi connectivity index (χ4n) is 1.13. The van der Waals surface area contributed by atoms with Crippen LogP contribution in [0.4, 0.5) is 0 Å². The van der Waals surface area contributed by atoms with Crippen LogP contribution in [-0.4, -0.2) is 0 Å². The maximum Gasteiger partial charge on any atom is 0.127 e. The summed E-state index contributed by atoms with van der Waals surface area (Å²) in [5.41, 5.74) is 0. The highest BCUT2D eigenvalue weighted by atomic mass is 35.5. The number of benzene rings is 2. The lowest BCUT2D eigenvalue weighted by Gasteiger charge is -2.04. The van der Waals surface area contributed by atoms with Crippen LogP contribution in [0.25, 0.3) is 0 Å². The third kappa shape index (κ3) is 3.95. The molecule has 0 aliphatic heterocycles. The van der Waals surface area contributed by atoms with E-state index >= 15 is 0 Å². The Hall–Kier alpha value is -1.47. The van der Waals surface area contributed by atoms with Gasteiger partial charge in [0.15, 0.2) is 0 Å². The Morgan fingerprint density at radius 2 is 1.25 bits per heavy atom. The van der Waals surface area contributed by atoms with E-state index in [4.69, 9.17) is 16.3 Å². The molecule has 0 aromatic heterocycles. The van der Waals surface area contributed by atoms with Gasteiger partial charge in [0.2, 0.25) is 0 Å². The zero-order chi connectivity index (χ0) is 11.8. The van der Waals surface area contributed by atoms with Gasteiger partial charge in [-0.25, -0.2) is 0 Å². The van der Waals surface area contributed by atoms with Crippen molar-refractivity contribution in [1.82, 2.24) is 0 Å². The summed E-state index contributed by atoms with van der Waals surface area (Å²) in [5, 5.41) is 0.713. The molecule has 16 heavy (non-hydrogen) atoms. The van der Waals surface area contributed by atoms with E-state index in [1.165, 1.54) is 0 Å². The Balaban J connectivity index is 0.000000606. The number of halogens is 1. The van der Waals surface area contributed by atoms with Gasteiger partial charge >= 0.3 is 0 Å². The van der Waals surface area contributed by atoms with Gasteiger partial charge in [-0.15, -0.1) is 0 Å².